The Bertz CT molecular complexity index is 295. The second kappa shape index (κ2) is 4.77. The number of hydrogen-bond acceptors (Lipinski definition) is 2. The fraction of sp³-hybridized carbons (Fsp3) is 0.364. The average Bonchev–Trinajstić information content (AvgIpc) is 2.19. The van der Waals surface area contributed by atoms with E-state index < -0.39 is 6.10 Å². The van der Waals surface area contributed by atoms with Crippen LogP contribution in [0.3, 0.4) is 0 Å². The number of carbonyl (C=O) groups excluding carboxylic acids is 1. The van der Waals surface area contributed by atoms with Crippen LogP contribution < -0.4 is 5.32 Å². The largest absolute Gasteiger partial charge is 0.391 e. The van der Waals surface area contributed by atoms with Crippen molar-refractivity contribution in [2.75, 3.05) is 0 Å². The number of rotatable bonds is 3. The van der Waals surface area contributed by atoms with Gasteiger partial charge in [0.1, 0.15) is 0 Å². The first-order valence-electron chi connectivity index (χ1n) is 4.65. The van der Waals surface area contributed by atoms with Gasteiger partial charge in [0.25, 0.3) is 5.91 Å². The van der Waals surface area contributed by atoms with Gasteiger partial charge in [-0.25, -0.2) is 0 Å². The van der Waals surface area contributed by atoms with E-state index in [-0.39, 0.29) is 11.9 Å². The van der Waals surface area contributed by atoms with Crippen LogP contribution in [0.15, 0.2) is 30.3 Å². The maximum Gasteiger partial charge on any atom is 0.251 e. The third-order valence-electron chi connectivity index (χ3n) is 2.12. The van der Waals surface area contributed by atoms with E-state index in [1.165, 1.54) is 0 Å². The molecule has 2 atom stereocenters. The van der Waals surface area contributed by atoms with Crippen LogP contribution in [-0.4, -0.2) is 23.2 Å². The van der Waals surface area contributed by atoms with Crippen molar-refractivity contribution in [3.63, 3.8) is 0 Å². The Morgan fingerprint density at radius 1 is 1.29 bits per heavy atom. The lowest BCUT2D eigenvalue weighted by Gasteiger charge is -2.16. The summed E-state index contributed by atoms with van der Waals surface area (Å²) >= 11 is 0. The third-order valence-corrected chi connectivity index (χ3v) is 2.12. The van der Waals surface area contributed by atoms with Crippen LogP contribution in [0.4, 0.5) is 0 Å². The van der Waals surface area contributed by atoms with Crippen molar-refractivity contribution in [1.29, 1.82) is 0 Å². The van der Waals surface area contributed by atoms with E-state index >= 15 is 0 Å². The van der Waals surface area contributed by atoms with Gasteiger partial charge >= 0.3 is 0 Å². The minimum atomic E-state index is -0.539. The van der Waals surface area contributed by atoms with Crippen molar-refractivity contribution >= 4 is 5.91 Å². The van der Waals surface area contributed by atoms with Crippen molar-refractivity contribution in [3.05, 3.63) is 35.9 Å². The summed E-state index contributed by atoms with van der Waals surface area (Å²) in [5, 5.41) is 11.9. The van der Waals surface area contributed by atoms with E-state index in [9.17, 15) is 9.90 Å². The number of benzene rings is 1. The summed E-state index contributed by atoms with van der Waals surface area (Å²) in [7, 11) is 0. The topological polar surface area (TPSA) is 49.3 Å². The van der Waals surface area contributed by atoms with Crippen LogP contribution in [0.5, 0.6) is 0 Å². The molecule has 0 aliphatic carbocycles. The Labute approximate surface area is 83.8 Å². The molecule has 0 fully saturated rings. The molecule has 0 aliphatic heterocycles. The van der Waals surface area contributed by atoms with Gasteiger partial charge < -0.3 is 10.4 Å². The number of hydrogen-bond donors (Lipinski definition) is 2. The predicted molar refractivity (Wildman–Crippen MR) is 55.1 cm³/mol. The zero-order chi connectivity index (χ0) is 10.6. The van der Waals surface area contributed by atoms with Crippen LogP contribution in [0, 0.1) is 0 Å². The molecule has 0 saturated heterocycles. The molecule has 14 heavy (non-hydrogen) atoms. The molecular weight excluding hydrogens is 178 g/mol. The van der Waals surface area contributed by atoms with Crippen molar-refractivity contribution in [2.24, 2.45) is 0 Å². The van der Waals surface area contributed by atoms with Gasteiger partial charge in [-0.2, -0.15) is 0 Å². The average molecular weight is 193 g/mol. The summed E-state index contributed by atoms with van der Waals surface area (Å²) in [4.78, 5) is 11.5. The molecular formula is C11H15NO2. The van der Waals surface area contributed by atoms with E-state index in [0.29, 0.717) is 5.56 Å². The van der Waals surface area contributed by atoms with Crippen LogP contribution in [0.2, 0.25) is 0 Å². The molecule has 1 aromatic carbocycles. The van der Waals surface area contributed by atoms with Gasteiger partial charge in [-0.3, -0.25) is 4.79 Å². The molecule has 0 radical (unpaired) electrons. The molecule has 1 rings (SSSR count). The summed E-state index contributed by atoms with van der Waals surface area (Å²) < 4.78 is 0. The minimum absolute atomic E-state index is 0.154. The summed E-state index contributed by atoms with van der Waals surface area (Å²) in [5.41, 5.74) is 0.611. The second-order valence-corrected chi connectivity index (χ2v) is 3.37. The van der Waals surface area contributed by atoms with Gasteiger partial charge in [0.05, 0.1) is 12.1 Å². The highest BCUT2D eigenvalue weighted by Crippen LogP contribution is 1.99. The maximum atomic E-state index is 11.5. The smallest absolute Gasteiger partial charge is 0.251 e. The van der Waals surface area contributed by atoms with Gasteiger partial charge in [-0.1, -0.05) is 18.2 Å². The van der Waals surface area contributed by atoms with E-state index in [4.69, 9.17) is 0 Å². The Kier molecular flexibility index (Phi) is 3.65. The molecule has 3 heteroatoms. The predicted octanol–water partition coefficient (Wildman–Crippen LogP) is 1.19. The second-order valence-electron chi connectivity index (χ2n) is 3.37. The van der Waals surface area contributed by atoms with Crippen molar-refractivity contribution in [1.82, 2.24) is 5.32 Å². The van der Waals surface area contributed by atoms with Crippen LogP contribution in [-0.2, 0) is 0 Å². The quantitative estimate of drug-likeness (QED) is 0.757. The van der Waals surface area contributed by atoms with Gasteiger partial charge in [0, 0.05) is 5.56 Å². The third kappa shape index (κ3) is 2.85. The van der Waals surface area contributed by atoms with Crippen molar-refractivity contribution in [3.8, 4) is 0 Å². The van der Waals surface area contributed by atoms with Crippen LogP contribution in [0.25, 0.3) is 0 Å². The first kappa shape index (κ1) is 10.7. The number of amides is 1. The fourth-order valence-electron chi connectivity index (χ4n) is 1.00. The summed E-state index contributed by atoms with van der Waals surface area (Å²) in [6, 6.07) is 8.72. The van der Waals surface area contributed by atoms with Gasteiger partial charge in [0.15, 0.2) is 0 Å². The number of carbonyl (C=O) groups is 1. The Balaban J connectivity index is 2.60. The normalized spacial score (nSPS) is 14.5. The van der Waals surface area contributed by atoms with Crippen molar-refractivity contribution in [2.45, 2.75) is 26.0 Å². The highest BCUT2D eigenvalue weighted by atomic mass is 16.3. The zero-order valence-corrected chi connectivity index (χ0v) is 8.40. The van der Waals surface area contributed by atoms with E-state index in [1.807, 2.05) is 18.2 Å². The Hall–Kier alpha value is -1.35. The highest BCUT2D eigenvalue weighted by molar-refractivity contribution is 5.94. The number of aliphatic hydroxyl groups excluding tert-OH is 1. The number of aliphatic hydroxyl groups is 1. The lowest BCUT2D eigenvalue weighted by molar-refractivity contribution is 0.0874. The molecule has 1 amide bonds. The fourth-order valence-corrected chi connectivity index (χ4v) is 1.00. The van der Waals surface area contributed by atoms with Crippen molar-refractivity contribution < 1.29 is 9.90 Å². The molecule has 0 unspecified atom stereocenters. The summed E-state index contributed by atoms with van der Waals surface area (Å²) in [6.07, 6.45) is -0.539. The lowest BCUT2D eigenvalue weighted by Crippen LogP contribution is -2.39. The van der Waals surface area contributed by atoms with Gasteiger partial charge in [-0.15, -0.1) is 0 Å². The molecule has 0 bridgehead atoms. The molecule has 0 aliphatic rings. The minimum Gasteiger partial charge on any atom is -0.391 e. The molecule has 3 nitrogen and oxygen atoms in total. The Morgan fingerprint density at radius 3 is 2.36 bits per heavy atom. The number of nitrogens with one attached hydrogen (secondary N) is 1. The SMILES string of the molecule is C[C@H](O)[C@@H](C)NC(=O)c1ccccc1. The molecule has 0 heterocycles. The van der Waals surface area contributed by atoms with E-state index in [2.05, 4.69) is 5.32 Å². The summed E-state index contributed by atoms with van der Waals surface area (Å²) in [6.45, 7) is 3.42. The lowest BCUT2D eigenvalue weighted by atomic mass is 10.1. The first-order valence-corrected chi connectivity index (χ1v) is 4.65. The van der Waals surface area contributed by atoms with Crippen LogP contribution in [0.1, 0.15) is 24.2 Å². The summed E-state index contributed by atoms with van der Waals surface area (Å²) in [5.74, 6) is -0.154. The molecule has 76 valence electrons. The zero-order valence-electron chi connectivity index (χ0n) is 8.40. The Morgan fingerprint density at radius 2 is 1.86 bits per heavy atom. The molecule has 0 saturated carbocycles. The maximum absolute atomic E-state index is 11.5. The molecule has 0 spiro atoms. The van der Waals surface area contributed by atoms with Crippen LogP contribution >= 0.6 is 0 Å². The standard InChI is InChI=1S/C11H15NO2/c1-8(9(2)13)12-11(14)10-6-4-3-5-7-10/h3-9,13H,1-2H3,(H,12,14)/t8-,9+/m1/s1. The van der Waals surface area contributed by atoms with E-state index in [0.717, 1.165) is 0 Å². The van der Waals surface area contributed by atoms with E-state index in [1.54, 1.807) is 26.0 Å². The molecule has 0 aromatic heterocycles. The first-order chi connectivity index (χ1) is 6.61. The molecule has 2 N–H and O–H groups in total. The monoisotopic (exact) mass is 193 g/mol. The highest BCUT2D eigenvalue weighted by Gasteiger charge is 2.12. The molecule has 1 aromatic rings. The van der Waals surface area contributed by atoms with Gasteiger partial charge in [0.2, 0.25) is 0 Å². The van der Waals surface area contributed by atoms with Gasteiger partial charge in [-0.05, 0) is 26.0 Å².